The summed E-state index contributed by atoms with van der Waals surface area (Å²) in [5.41, 5.74) is 3.39. The average Bonchev–Trinajstić information content (AvgIpc) is 2.48. The van der Waals surface area contributed by atoms with Crippen molar-refractivity contribution < 1.29 is 4.39 Å². The molecule has 0 amide bonds. The maximum Gasteiger partial charge on any atom is 0.146 e. The Morgan fingerprint density at radius 1 is 1.05 bits per heavy atom. The van der Waals surface area contributed by atoms with Gasteiger partial charge in [0.05, 0.1) is 23.4 Å². The highest BCUT2D eigenvalue weighted by Crippen LogP contribution is 2.17. The number of hydrogen-bond acceptors (Lipinski definition) is 2. The number of nitrogens with zero attached hydrogens (tertiary/aromatic N) is 1. The van der Waals surface area contributed by atoms with Crippen molar-refractivity contribution in [1.82, 2.24) is 4.98 Å². The number of anilines is 1. The van der Waals surface area contributed by atoms with Crippen LogP contribution in [0.2, 0.25) is 0 Å². The van der Waals surface area contributed by atoms with Crippen molar-refractivity contribution in [2.45, 2.75) is 13.5 Å². The molecule has 0 saturated heterocycles. The molecule has 0 aliphatic carbocycles. The van der Waals surface area contributed by atoms with Crippen molar-refractivity contribution in [3.8, 4) is 0 Å². The van der Waals surface area contributed by atoms with E-state index in [4.69, 9.17) is 0 Å². The second-order valence-electron chi connectivity index (χ2n) is 4.83. The Morgan fingerprint density at radius 2 is 1.90 bits per heavy atom. The van der Waals surface area contributed by atoms with E-state index in [1.165, 1.54) is 6.07 Å². The van der Waals surface area contributed by atoms with Crippen LogP contribution in [-0.2, 0) is 6.54 Å². The highest BCUT2D eigenvalue weighted by molar-refractivity contribution is 5.78. The number of nitrogens with one attached hydrogen (secondary N) is 1. The van der Waals surface area contributed by atoms with Crippen LogP contribution in [0.25, 0.3) is 10.9 Å². The van der Waals surface area contributed by atoms with Crippen molar-refractivity contribution in [2.24, 2.45) is 0 Å². The molecule has 2 aromatic carbocycles. The molecular formula is C17H15FN2. The van der Waals surface area contributed by atoms with Gasteiger partial charge in [-0.1, -0.05) is 30.3 Å². The molecule has 0 radical (unpaired) electrons. The van der Waals surface area contributed by atoms with Crippen molar-refractivity contribution in [3.05, 3.63) is 71.7 Å². The van der Waals surface area contributed by atoms with Gasteiger partial charge in [-0.25, -0.2) is 4.39 Å². The lowest BCUT2D eigenvalue weighted by atomic mass is 10.2. The number of halogens is 1. The molecule has 0 saturated carbocycles. The normalized spacial score (nSPS) is 10.7. The third-order valence-corrected chi connectivity index (χ3v) is 3.24. The van der Waals surface area contributed by atoms with E-state index in [9.17, 15) is 4.39 Å². The molecular weight excluding hydrogens is 251 g/mol. The van der Waals surface area contributed by atoms with Crippen molar-refractivity contribution in [3.63, 3.8) is 0 Å². The number of para-hydroxylation sites is 1. The van der Waals surface area contributed by atoms with Crippen LogP contribution in [0.15, 0.2) is 54.6 Å². The molecule has 0 aliphatic heterocycles. The van der Waals surface area contributed by atoms with E-state index < -0.39 is 0 Å². The summed E-state index contributed by atoms with van der Waals surface area (Å²) in [5, 5.41) is 4.21. The van der Waals surface area contributed by atoms with E-state index in [1.807, 2.05) is 43.3 Å². The minimum atomic E-state index is -0.239. The molecule has 0 atom stereocenters. The summed E-state index contributed by atoms with van der Waals surface area (Å²) in [6.07, 6.45) is 0. The molecule has 1 N–H and O–H groups in total. The van der Waals surface area contributed by atoms with Gasteiger partial charge in [-0.2, -0.15) is 0 Å². The van der Waals surface area contributed by atoms with Crippen LogP contribution in [0.1, 0.15) is 11.3 Å². The van der Waals surface area contributed by atoms with Gasteiger partial charge in [0.15, 0.2) is 0 Å². The lowest BCUT2D eigenvalue weighted by molar-refractivity contribution is 0.629. The van der Waals surface area contributed by atoms with Gasteiger partial charge in [-0.05, 0) is 36.8 Å². The van der Waals surface area contributed by atoms with E-state index in [1.54, 1.807) is 12.1 Å². The predicted molar refractivity (Wildman–Crippen MR) is 80.2 cm³/mol. The van der Waals surface area contributed by atoms with Crippen LogP contribution < -0.4 is 5.32 Å². The van der Waals surface area contributed by atoms with Crippen LogP contribution in [0.4, 0.5) is 10.1 Å². The topological polar surface area (TPSA) is 24.9 Å². The number of benzene rings is 2. The van der Waals surface area contributed by atoms with Crippen LogP contribution >= 0.6 is 0 Å². The Balaban J connectivity index is 1.81. The summed E-state index contributed by atoms with van der Waals surface area (Å²) in [6.45, 7) is 2.45. The van der Waals surface area contributed by atoms with Gasteiger partial charge in [0.1, 0.15) is 5.82 Å². The van der Waals surface area contributed by atoms with Gasteiger partial charge >= 0.3 is 0 Å². The fourth-order valence-electron chi connectivity index (χ4n) is 2.17. The average molecular weight is 266 g/mol. The molecule has 2 nitrogen and oxygen atoms in total. The number of pyridine rings is 1. The maximum absolute atomic E-state index is 13.6. The zero-order chi connectivity index (χ0) is 13.9. The quantitative estimate of drug-likeness (QED) is 0.764. The summed E-state index contributed by atoms with van der Waals surface area (Å²) in [7, 11) is 0. The molecule has 3 rings (SSSR count). The molecule has 0 fully saturated rings. The highest BCUT2D eigenvalue weighted by Gasteiger charge is 2.03. The fraction of sp³-hybridized carbons (Fsp3) is 0.118. The number of rotatable bonds is 3. The second kappa shape index (κ2) is 5.29. The van der Waals surface area contributed by atoms with Gasteiger partial charge in [-0.3, -0.25) is 4.98 Å². The third kappa shape index (κ3) is 2.62. The van der Waals surface area contributed by atoms with Crippen LogP contribution in [0.3, 0.4) is 0 Å². The van der Waals surface area contributed by atoms with E-state index in [2.05, 4.69) is 10.3 Å². The zero-order valence-electron chi connectivity index (χ0n) is 11.2. The van der Waals surface area contributed by atoms with E-state index in [0.29, 0.717) is 12.2 Å². The molecule has 20 heavy (non-hydrogen) atoms. The summed E-state index contributed by atoms with van der Waals surface area (Å²) in [5.74, 6) is -0.239. The molecule has 1 aromatic heterocycles. The summed E-state index contributed by atoms with van der Waals surface area (Å²) in [6, 6.07) is 17.0. The Labute approximate surface area is 117 Å². The standard InChI is InChI=1S/C17H15FN2/c1-12-6-9-15(18)17(10-12)19-11-14-8-7-13-4-2-3-5-16(13)20-14/h2-10,19H,11H2,1H3. The Bertz CT molecular complexity index is 753. The Hall–Kier alpha value is -2.42. The molecule has 0 unspecified atom stereocenters. The van der Waals surface area contributed by atoms with Crippen LogP contribution in [-0.4, -0.2) is 4.98 Å². The number of aryl methyl sites for hydroxylation is 1. The number of aromatic nitrogens is 1. The number of hydrogen-bond donors (Lipinski definition) is 1. The largest absolute Gasteiger partial charge is 0.377 e. The first-order valence-corrected chi connectivity index (χ1v) is 6.57. The smallest absolute Gasteiger partial charge is 0.146 e. The lowest BCUT2D eigenvalue weighted by Crippen LogP contribution is -2.03. The molecule has 0 aliphatic rings. The minimum Gasteiger partial charge on any atom is -0.377 e. The van der Waals surface area contributed by atoms with Gasteiger partial charge in [-0.15, -0.1) is 0 Å². The first-order valence-electron chi connectivity index (χ1n) is 6.57. The maximum atomic E-state index is 13.6. The SMILES string of the molecule is Cc1ccc(F)c(NCc2ccc3ccccc3n2)c1. The van der Waals surface area contributed by atoms with Crippen LogP contribution in [0.5, 0.6) is 0 Å². The predicted octanol–water partition coefficient (Wildman–Crippen LogP) is 4.29. The molecule has 1 heterocycles. The van der Waals surface area contributed by atoms with E-state index in [0.717, 1.165) is 22.2 Å². The summed E-state index contributed by atoms with van der Waals surface area (Å²) >= 11 is 0. The molecule has 3 aromatic rings. The third-order valence-electron chi connectivity index (χ3n) is 3.24. The second-order valence-corrected chi connectivity index (χ2v) is 4.83. The molecule has 3 heteroatoms. The molecule has 0 spiro atoms. The molecule has 0 bridgehead atoms. The van der Waals surface area contributed by atoms with Gasteiger partial charge in [0.2, 0.25) is 0 Å². The Morgan fingerprint density at radius 3 is 2.80 bits per heavy atom. The highest BCUT2D eigenvalue weighted by atomic mass is 19.1. The van der Waals surface area contributed by atoms with Gasteiger partial charge < -0.3 is 5.32 Å². The molecule has 100 valence electrons. The van der Waals surface area contributed by atoms with E-state index >= 15 is 0 Å². The van der Waals surface area contributed by atoms with Gasteiger partial charge in [0.25, 0.3) is 0 Å². The summed E-state index contributed by atoms with van der Waals surface area (Å²) < 4.78 is 13.6. The number of fused-ring (bicyclic) bond motifs is 1. The van der Waals surface area contributed by atoms with Crippen LogP contribution in [0, 0.1) is 12.7 Å². The zero-order valence-corrected chi connectivity index (χ0v) is 11.2. The first kappa shape index (κ1) is 12.6. The van der Waals surface area contributed by atoms with E-state index in [-0.39, 0.29) is 5.82 Å². The van der Waals surface area contributed by atoms with Crippen molar-refractivity contribution in [1.29, 1.82) is 0 Å². The fourth-order valence-corrected chi connectivity index (χ4v) is 2.17. The lowest BCUT2D eigenvalue weighted by Gasteiger charge is -2.08. The van der Waals surface area contributed by atoms with Crippen molar-refractivity contribution in [2.75, 3.05) is 5.32 Å². The summed E-state index contributed by atoms with van der Waals surface area (Å²) in [4.78, 5) is 4.56. The Kier molecular flexibility index (Phi) is 3.33. The van der Waals surface area contributed by atoms with Crippen molar-refractivity contribution >= 4 is 16.6 Å². The minimum absolute atomic E-state index is 0.239. The van der Waals surface area contributed by atoms with Gasteiger partial charge in [0, 0.05) is 5.39 Å². The monoisotopic (exact) mass is 266 g/mol. The first-order chi connectivity index (χ1) is 9.72.